The SMILES string of the molecule is CCCCNC(=O)C(C)N(Cc1cccc(Br)c1)C(=O)CN(c1ccc(Cl)c(Cl)c1)S(C)(=O)=O. The van der Waals surface area contributed by atoms with Crippen LogP contribution in [-0.2, 0) is 26.2 Å². The predicted molar refractivity (Wildman–Crippen MR) is 141 cm³/mol. The number of benzene rings is 2. The van der Waals surface area contributed by atoms with Gasteiger partial charge in [0.05, 0.1) is 22.0 Å². The Labute approximate surface area is 219 Å². The third-order valence-electron chi connectivity index (χ3n) is 5.11. The molecule has 1 unspecified atom stereocenters. The summed E-state index contributed by atoms with van der Waals surface area (Å²) in [5.41, 5.74) is 0.990. The number of carbonyl (C=O) groups excluding carboxylic acids is 2. The van der Waals surface area contributed by atoms with Crippen LogP contribution in [0.1, 0.15) is 32.3 Å². The second-order valence-electron chi connectivity index (χ2n) is 7.84. The molecule has 2 amide bonds. The second-order valence-corrected chi connectivity index (χ2v) is 11.5. The minimum atomic E-state index is -3.84. The van der Waals surface area contributed by atoms with Crippen molar-refractivity contribution in [3.63, 3.8) is 0 Å². The van der Waals surface area contributed by atoms with Crippen molar-refractivity contribution < 1.29 is 18.0 Å². The molecule has 34 heavy (non-hydrogen) atoms. The monoisotopic (exact) mass is 591 g/mol. The molecule has 0 aliphatic rings. The van der Waals surface area contributed by atoms with Crippen molar-refractivity contribution in [3.05, 3.63) is 62.5 Å². The van der Waals surface area contributed by atoms with Crippen LogP contribution in [0.3, 0.4) is 0 Å². The lowest BCUT2D eigenvalue weighted by atomic mass is 10.1. The third-order valence-corrected chi connectivity index (χ3v) is 7.48. The highest BCUT2D eigenvalue weighted by Gasteiger charge is 2.30. The van der Waals surface area contributed by atoms with E-state index in [2.05, 4.69) is 21.2 Å². The summed E-state index contributed by atoms with van der Waals surface area (Å²) in [5.74, 6) is -0.841. The van der Waals surface area contributed by atoms with Gasteiger partial charge in [0, 0.05) is 17.6 Å². The number of unbranched alkanes of at least 4 members (excludes halogenated alkanes) is 1. The van der Waals surface area contributed by atoms with Crippen molar-refractivity contribution in [2.45, 2.75) is 39.3 Å². The molecule has 0 saturated carbocycles. The van der Waals surface area contributed by atoms with Crippen LogP contribution in [0, 0.1) is 0 Å². The number of hydrogen-bond donors (Lipinski definition) is 1. The summed E-state index contributed by atoms with van der Waals surface area (Å²) in [5, 5.41) is 3.26. The van der Waals surface area contributed by atoms with Gasteiger partial charge in [-0.15, -0.1) is 0 Å². The van der Waals surface area contributed by atoms with E-state index >= 15 is 0 Å². The Kier molecular flexibility index (Phi) is 10.7. The topological polar surface area (TPSA) is 86.8 Å². The average molecular weight is 593 g/mol. The Hall–Kier alpha value is -1.81. The average Bonchev–Trinajstić information content (AvgIpc) is 2.76. The molecule has 0 spiro atoms. The van der Waals surface area contributed by atoms with E-state index in [9.17, 15) is 18.0 Å². The number of nitrogens with one attached hydrogen (secondary N) is 1. The fourth-order valence-electron chi connectivity index (χ4n) is 3.20. The van der Waals surface area contributed by atoms with Gasteiger partial charge in [-0.25, -0.2) is 8.42 Å². The molecule has 0 aliphatic heterocycles. The van der Waals surface area contributed by atoms with Crippen molar-refractivity contribution in [1.29, 1.82) is 0 Å². The molecule has 0 aliphatic carbocycles. The molecular formula is C23H28BrCl2N3O4S. The zero-order chi connectivity index (χ0) is 25.5. The first-order chi connectivity index (χ1) is 15.9. The highest BCUT2D eigenvalue weighted by Crippen LogP contribution is 2.28. The molecular weight excluding hydrogens is 565 g/mol. The van der Waals surface area contributed by atoms with Crippen molar-refractivity contribution in [2.24, 2.45) is 0 Å². The molecule has 0 radical (unpaired) electrons. The number of hydrogen-bond acceptors (Lipinski definition) is 4. The van der Waals surface area contributed by atoms with Gasteiger partial charge in [0.1, 0.15) is 12.6 Å². The van der Waals surface area contributed by atoms with Gasteiger partial charge < -0.3 is 10.2 Å². The number of sulfonamides is 1. The fraction of sp³-hybridized carbons (Fsp3) is 0.391. The molecule has 0 bridgehead atoms. The van der Waals surface area contributed by atoms with Crippen molar-refractivity contribution in [2.75, 3.05) is 23.7 Å². The molecule has 11 heteroatoms. The van der Waals surface area contributed by atoms with Gasteiger partial charge in [-0.05, 0) is 49.2 Å². The van der Waals surface area contributed by atoms with Crippen molar-refractivity contribution in [3.8, 4) is 0 Å². The standard InChI is InChI=1S/C23H28BrCl2N3O4S/c1-4-5-11-27-23(31)16(2)28(14-17-7-6-8-18(24)12-17)22(30)15-29(34(3,32)33)19-9-10-20(25)21(26)13-19/h6-10,12-13,16H,4-5,11,14-15H2,1-3H3,(H,27,31). The summed E-state index contributed by atoms with van der Waals surface area (Å²) in [4.78, 5) is 27.6. The minimum Gasteiger partial charge on any atom is -0.354 e. The lowest BCUT2D eigenvalue weighted by Gasteiger charge is -2.31. The molecule has 2 aromatic carbocycles. The molecule has 7 nitrogen and oxygen atoms in total. The molecule has 2 rings (SSSR count). The Morgan fingerprint density at radius 1 is 1.12 bits per heavy atom. The smallest absolute Gasteiger partial charge is 0.244 e. The molecule has 1 atom stereocenters. The summed E-state index contributed by atoms with van der Waals surface area (Å²) in [6.45, 7) is 3.76. The molecule has 0 fully saturated rings. The zero-order valence-corrected chi connectivity index (χ0v) is 23.1. The van der Waals surface area contributed by atoms with Crippen LogP contribution in [0.4, 0.5) is 5.69 Å². The lowest BCUT2D eigenvalue weighted by Crippen LogP contribution is -2.51. The predicted octanol–water partition coefficient (Wildman–Crippen LogP) is 4.86. The summed E-state index contributed by atoms with van der Waals surface area (Å²) >= 11 is 15.5. The Morgan fingerprint density at radius 2 is 1.82 bits per heavy atom. The van der Waals surface area contributed by atoms with Crippen LogP contribution in [0.25, 0.3) is 0 Å². The largest absolute Gasteiger partial charge is 0.354 e. The van der Waals surface area contributed by atoms with Crippen molar-refractivity contribution in [1.82, 2.24) is 10.2 Å². The molecule has 186 valence electrons. The summed E-state index contributed by atoms with van der Waals surface area (Å²) in [7, 11) is -3.84. The van der Waals surface area contributed by atoms with E-state index in [1.165, 1.54) is 23.1 Å². The Bertz CT molecular complexity index is 1130. The van der Waals surface area contributed by atoms with Gasteiger partial charge in [0.2, 0.25) is 21.8 Å². The Balaban J connectivity index is 2.37. The number of carbonyl (C=O) groups is 2. The Morgan fingerprint density at radius 3 is 2.41 bits per heavy atom. The molecule has 0 heterocycles. The summed E-state index contributed by atoms with van der Waals surface area (Å²) in [6, 6.07) is 10.9. The van der Waals surface area contributed by atoms with E-state index in [4.69, 9.17) is 23.2 Å². The van der Waals surface area contributed by atoms with Crippen LogP contribution < -0.4 is 9.62 Å². The first kappa shape index (κ1) is 28.4. The number of anilines is 1. The third kappa shape index (κ3) is 8.15. The lowest BCUT2D eigenvalue weighted by molar-refractivity contribution is -0.139. The summed E-state index contributed by atoms with van der Waals surface area (Å²) in [6.07, 6.45) is 2.74. The van der Waals surface area contributed by atoms with E-state index in [1.54, 1.807) is 6.92 Å². The van der Waals surface area contributed by atoms with E-state index in [0.717, 1.165) is 33.4 Å². The van der Waals surface area contributed by atoms with Gasteiger partial charge >= 0.3 is 0 Å². The van der Waals surface area contributed by atoms with Gasteiger partial charge in [-0.2, -0.15) is 0 Å². The van der Waals surface area contributed by atoms with Crippen LogP contribution in [0.5, 0.6) is 0 Å². The molecule has 2 aromatic rings. The van der Waals surface area contributed by atoms with Crippen molar-refractivity contribution >= 4 is 66.7 Å². The zero-order valence-electron chi connectivity index (χ0n) is 19.2. The quantitative estimate of drug-likeness (QED) is 0.378. The van der Waals surface area contributed by atoms with Crippen LogP contribution in [0.15, 0.2) is 46.9 Å². The van der Waals surface area contributed by atoms with E-state index in [0.29, 0.717) is 6.54 Å². The van der Waals surface area contributed by atoms with E-state index < -0.39 is 28.5 Å². The van der Waals surface area contributed by atoms with E-state index in [-0.39, 0.29) is 28.2 Å². The normalized spacial score (nSPS) is 12.2. The maximum atomic E-state index is 13.5. The van der Waals surface area contributed by atoms with Crippen LogP contribution in [-0.4, -0.2) is 50.5 Å². The van der Waals surface area contributed by atoms with Crippen LogP contribution in [0.2, 0.25) is 10.0 Å². The molecule has 0 aromatic heterocycles. The number of halogens is 3. The molecule has 1 N–H and O–H groups in total. The number of rotatable bonds is 11. The maximum absolute atomic E-state index is 13.5. The second kappa shape index (κ2) is 12.8. The fourth-order valence-corrected chi connectivity index (χ4v) is 4.79. The number of amides is 2. The van der Waals surface area contributed by atoms with E-state index in [1.807, 2.05) is 31.2 Å². The van der Waals surface area contributed by atoms with Gasteiger partial charge in [0.15, 0.2) is 0 Å². The maximum Gasteiger partial charge on any atom is 0.244 e. The van der Waals surface area contributed by atoms with Crippen LogP contribution >= 0.6 is 39.1 Å². The summed E-state index contributed by atoms with van der Waals surface area (Å²) < 4.78 is 26.9. The van der Waals surface area contributed by atoms with Gasteiger partial charge in [0.25, 0.3) is 0 Å². The first-order valence-electron chi connectivity index (χ1n) is 10.7. The van der Waals surface area contributed by atoms with Gasteiger partial charge in [-0.3, -0.25) is 13.9 Å². The van der Waals surface area contributed by atoms with Gasteiger partial charge in [-0.1, -0.05) is 64.6 Å². The first-order valence-corrected chi connectivity index (χ1v) is 14.1. The molecule has 0 saturated heterocycles. The highest BCUT2D eigenvalue weighted by molar-refractivity contribution is 9.10. The highest BCUT2D eigenvalue weighted by atomic mass is 79.9. The number of nitrogens with zero attached hydrogens (tertiary/aromatic N) is 2. The minimum absolute atomic E-state index is 0.125.